The van der Waals surface area contributed by atoms with Gasteiger partial charge in [-0.3, -0.25) is 4.79 Å². The maximum atomic E-state index is 11.9. The van der Waals surface area contributed by atoms with Crippen LogP contribution in [0.5, 0.6) is 0 Å². The van der Waals surface area contributed by atoms with Crippen LogP contribution in [0.2, 0.25) is 0 Å². The summed E-state index contributed by atoms with van der Waals surface area (Å²) in [6.45, 7) is 2.65. The summed E-state index contributed by atoms with van der Waals surface area (Å²) >= 11 is 3.22. The number of benzene rings is 1. The molecular weight excluding hydrogens is 332 g/mol. The van der Waals surface area contributed by atoms with Crippen LogP contribution in [-0.2, 0) is 10.0 Å². The number of sulfonamides is 1. The van der Waals surface area contributed by atoms with Crippen LogP contribution in [0.3, 0.4) is 0 Å². The van der Waals surface area contributed by atoms with E-state index in [0.29, 0.717) is 11.0 Å². The standard InChI is InChI=1S/C12H17BrN2O3S/c1-2-3-4-7-15-12(16)10-8-9(19(14,17)18)5-6-11(10)13/h5-6,8H,2-4,7H2,1H3,(H,15,16)(H2,14,17,18). The van der Waals surface area contributed by atoms with Gasteiger partial charge in [0.05, 0.1) is 10.5 Å². The molecule has 1 rings (SSSR count). The summed E-state index contributed by atoms with van der Waals surface area (Å²) in [7, 11) is -3.81. The van der Waals surface area contributed by atoms with Gasteiger partial charge in [0.25, 0.3) is 5.91 Å². The number of hydrogen-bond acceptors (Lipinski definition) is 3. The van der Waals surface area contributed by atoms with Crippen molar-refractivity contribution < 1.29 is 13.2 Å². The van der Waals surface area contributed by atoms with Crippen LogP contribution in [0.4, 0.5) is 0 Å². The zero-order chi connectivity index (χ0) is 14.5. The molecule has 0 aliphatic rings. The third-order valence-corrected chi connectivity index (χ3v) is 4.18. The molecule has 7 heteroatoms. The molecule has 0 fully saturated rings. The molecule has 0 unspecified atom stereocenters. The van der Waals surface area contributed by atoms with Crippen molar-refractivity contribution in [2.45, 2.75) is 31.1 Å². The number of hydrogen-bond donors (Lipinski definition) is 2. The summed E-state index contributed by atoms with van der Waals surface area (Å²) in [5, 5.41) is 7.79. The summed E-state index contributed by atoms with van der Waals surface area (Å²) in [4.78, 5) is 11.9. The highest BCUT2D eigenvalue weighted by Gasteiger charge is 2.15. The average molecular weight is 349 g/mol. The fourth-order valence-corrected chi connectivity index (χ4v) is 2.49. The Morgan fingerprint density at radius 2 is 2.05 bits per heavy atom. The van der Waals surface area contributed by atoms with Crippen molar-refractivity contribution in [3.05, 3.63) is 28.2 Å². The zero-order valence-electron chi connectivity index (χ0n) is 10.6. The molecule has 19 heavy (non-hydrogen) atoms. The summed E-state index contributed by atoms with van der Waals surface area (Å²) in [5.41, 5.74) is 0.267. The van der Waals surface area contributed by atoms with Gasteiger partial charge in [0, 0.05) is 11.0 Å². The smallest absolute Gasteiger partial charge is 0.252 e. The zero-order valence-corrected chi connectivity index (χ0v) is 13.1. The Morgan fingerprint density at radius 1 is 1.37 bits per heavy atom. The average Bonchev–Trinajstić information content (AvgIpc) is 2.33. The molecule has 0 bridgehead atoms. The number of carbonyl (C=O) groups excluding carboxylic acids is 1. The largest absolute Gasteiger partial charge is 0.352 e. The predicted octanol–water partition coefficient (Wildman–Crippen LogP) is 2.02. The van der Waals surface area contributed by atoms with Crippen LogP contribution in [0.15, 0.2) is 27.6 Å². The van der Waals surface area contributed by atoms with E-state index in [2.05, 4.69) is 28.2 Å². The number of rotatable bonds is 6. The van der Waals surface area contributed by atoms with Crippen LogP contribution in [-0.4, -0.2) is 20.9 Å². The molecule has 0 aliphatic heterocycles. The van der Waals surface area contributed by atoms with Gasteiger partial charge in [-0.1, -0.05) is 19.8 Å². The van der Waals surface area contributed by atoms with Crippen LogP contribution in [0, 0.1) is 0 Å². The molecule has 0 saturated heterocycles. The van der Waals surface area contributed by atoms with Gasteiger partial charge in [0.2, 0.25) is 10.0 Å². The first-order chi connectivity index (χ1) is 8.86. The fraction of sp³-hybridized carbons (Fsp3) is 0.417. The maximum absolute atomic E-state index is 11.9. The molecule has 0 saturated carbocycles. The monoisotopic (exact) mass is 348 g/mol. The number of carbonyl (C=O) groups is 1. The fourth-order valence-electron chi connectivity index (χ4n) is 1.53. The Balaban J connectivity index is 2.84. The van der Waals surface area contributed by atoms with E-state index < -0.39 is 10.0 Å². The van der Waals surface area contributed by atoms with Crippen LogP contribution in [0.1, 0.15) is 36.5 Å². The predicted molar refractivity (Wildman–Crippen MR) is 77.4 cm³/mol. The first-order valence-corrected chi connectivity index (χ1v) is 8.30. The minimum absolute atomic E-state index is 0.0746. The van der Waals surface area contributed by atoms with Gasteiger partial charge in [-0.25, -0.2) is 13.6 Å². The topological polar surface area (TPSA) is 89.3 Å². The van der Waals surface area contributed by atoms with Crippen molar-refractivity contribution in [3.8, 4) is 0 Å². The molecule has 5 nitrogen and oxygen atoms in total. The molecule has 0 aliphatic carbocycles. The van der Waals surface area contributed by atoms with E-state index in [4.69, 9.17) is 5.14 Å². The van der Waals surface area contributed by atoms with Gasteiger partial charge >= 0.3 is 0 Å². The molecular formula is C12H17BrN2O3S. The SMILES string of the molecule is CCCCCNC(=O)c1cc(S(N)(=O)=O)ccc1Br. The Bertz CT molecular complexity index is 558. The van der Waals surface area contributed by atoms with Crippen molar-refractivity contribution >= 4 is 31.9 Å². The van der Waals surface area contributed by atoms with Crippen molar-refractivity contribution in [2.24, 2.45) is 5.14 Å². The molecule has 1 amide bonds. The van der Waals surface area contributed by atoms with E-state index in [-0.39, 0.29) is 16.4 Å². The lowest BCUT2D eigenvalue weighted by Gasteiger charge is -2.08. The normalized spacial score (nSPS) is 11.3. The second-order valence-corrected chi connectivity index (χ2v) is 6.57. The summed E-state index contributed by atoms with van der Waals surface area (Å²) in [6.07, 6.45) is 3.01. The van der Waals surface area contributed by atoms with E-state index in [1.165, 1.54) is 18.2 Å². The number of unbranched alkanes of at least 4 members (excludes halogenated alkanes) is 2. The highest BCUT2D eigenvalue weighted by Crippen LogP contribution is 2.20. The van der Waals surface area contributed by atoms with Crippen LogP contribution in [0.25, 0.3) is 0 Å². The lowest BCUT2D eigenvalue weighted by atomic mass is 10.2. The molecule has 3 N–H and O–H groups in total. The van der Waals surface area contributed by atoms with Crippen molar-refractivity contribution in [3.63, 3.8) is 0 Å². The highest BCUT2D eigenvalue weighted by molar-refractivity contribution is 9.10. The van der Waals surface area contributed by atoms with Gasteiger partial charge in [0.1, 0.15) is 0 Å². The molecule has 0 spiro atoms. The minimum Gasteiger partial charge on any atom is -0.352 e. The Labute approximate surface area is 121 Å². The first kappa shape index (κ1) is 16.1. The van der Waals surface area contributed by atoms with E-state index >= 15 is 0 Å². The molecule has 0 radical (unpaired) electrons. The molecule has 0 atom stereocenters. The molecule has 1 aromatic rings. The van der Waals surface area contributed by atoms with Gasteiger partial charge in [0.15, 0.2) is 0 Å². The van der Waals surface area contributed by atoms with Crippen LogP contribution < -0.4 is 10.5 Å². The van der Waals surface area contributed by atoms with E-state index in [0.717, 1.165) is 19.3 Å². The third kappa shape index (κ3) is 4.93. The molecule has 0 heterocycles. The number of halogens is 1. The Kier molecular flexibility index (Phi) is 5.96. The third-order valence-electron chi connectivity index (χ3n) is 2.58. The van der Waals surface area contributed by atoms with Gasteiger partial charge in [-0.15, -0.1) is 0 Å². The van der Waals surface area contributed by atoms with Crippen molar-refractivity contribution in [1.29, 1.82) is 0 Å². The van der Waals surface area contributed by atoms with Crippen molar-refractivity contribution in [1.82, 2.24) is 5.32 Å². The maximum Gasteiger partial charge on any atom is 0.252 e. The Morgan fingerprint density at radius 3 is 2.63 bits per heavy atom. The first-order valence-electron chi connectivity index (χ1n) is 5.96. The van der Waals surface area contributed by atoms with Crippen molar-refractivity contribution in [2.75, 3.05) is 6.54 Å². The van der Waals surface area contributed by atoms with E-state index in [1.807, 2.05) is 0 Å². The highest BCUT2D eigenvalue weighted by atomic mass is 79.9. The summed E-state index contributed by atoms with van der Waals surface area (Å²) in [6, 6.07) is 4.13. The van der Waals surface area contributed by atoms with Gasteiger partial charge < -0.3 is 5.32 Å². The second-order valence-electron chi connectivity index (χ2n) is 4.15. The summed E-state index contributed by atoms with van der Waals surface area (Å²) in [5.74, 6) is -0.312. The lowest BCUT2D eigenvalue weighted by Crippen LogP contribution is -2.25. The number of nitrogens with two attached hydrogens (primary N) is 1. The molecule has 0 aromatic heterocycles. The minimum atomic E-state index is -3.81. The number of primary sulfonamides is 1. The lowest BCUT2D eigenvalue weighted by molar-refractivity contribution is 0.0952. The molecule has 106 valence electrons. The molecule has 1 aromatic carbocycles. The van der Waals surface area contributed by atoms with Crippen LogP contribution >= 0.6 is 15.9 Å². The van der Waals surface area contributed by atoms with Gasteiger partial charge in [-0.2, -0.15) is 0 Å². The Hall–Kier alpha value is -0.920. The van der Waals surface area contributed by atoms with E-state index in [1.54, 1.807) is 0 Å². The second kappa shape index (κ2) is 7.02. The van der Waals surface area contributed by atoms with E-state index in [9.17, 15) is 13.2 Å². The number of amides is 1. The quantitative estimate of drug-likeness (QED) is 0.770. The number of nitrogens with one attached hydrogen (secondary N) is 1. The van der Waals surface area contributed by atoms with Gasteiger partial charge in [-0.05, 0) is 40.5 Å². The summed E-state index contributed by atoms with van der Waals surface area (Å²) < 4.78 is 23.0.